The second-order valence-electron chi connectivity index (χ2n) is 5.07. The van der Waals surface area contributed by atoms with Gasteiger partial charge in [0.2, 0.25) is 0 Å². The number of carbonyl (C=O) groups is 1. The van der Waals surface area contributed by atoms with Gasteiger partial charge in [-0.1, -0.05) is 23.7 Å². The van der Waals surface area contributed by atoms with Gasteiger partial charge < -0.3 is 9.64 Å². The summed E-state index contributed by atoms with van der Waals surface area (Å²) in [6, 6.07) is 8.01. The van der Waals surface area contributed by atoms with E-state index in [1.807, 2.05) is 18.2 Å². The molecule has 1 aromatic carbocycles. The highest BCUT2D eigenvalue weighted by molar-refractivity contribution is 6.30. The Bertz CT molecular complexity index is 445. The fourth-order valence-electron chi connectivity index (χ4n) is 2.42. The highest BCUT2D eigenvalue weighted by Gasteiger charge is 2.17. The molecule has 0 unspecified atom stereocenters. The lowest BCUT2D eigenvalue weighted by Crippen LogP contribution is -2.46. The maximum absolute atomic E-state index is 11.1. The zero-order chi connectivity index (χ0) is 14.4. The van der Waals surface area contributed by atoms with E-state index in [2.05, 4.69) is 20.6 Å². The minimum Gasteiger partial charge on any atom is -0.469 e. The first kappa shape index (κ1) is 15.3. The number of esters is 1. The Hall–Kier alpha value is -1.10. The molecule has 1 aromatic rings. The topological polar surface area (TPSA) is 32.8 Å². The van der Waals surface area contributed by atoms with Crippen molar-refractivity contribution in [3.63, 3.8) is 0 Å². The molecular formula is C15H21ClN2O2. The number of rotatable bonds is 5. The highest BCUT2D eigenvalue weighted by Crippen LogP contribution is 2.14. The summed E-state index contributed by atoms with van der Waals surface area (Å²) < 4.78 is 4.66. The van der Waals surface area contributed by atoms with E-state index in [0.717, 1.165) is 44.3 Å². The van der Waals surface area contributed by atoms with Crippen LogP contribution in [0.2, 0.25) is 5.02 Å². The van der Waals surface area contributed by atoms with E-state index in [1.165, 1.54) is 12.7 Å². The third kappa shape index (κ3) is 4.78. The normalized spacial score (nSPS) is 17.1. The lowest BCUT2D eigenvalue weighted by Gasteiger charge is -2.34. The van der Waals surface area contributed by atoms with Crippen molar-refractivity contribution in [3.05, 3.63) is 34.9 Å². The summed E-state index contributed by atoms with van der Waals surface area (Å²) in [6.45, 7) is 5.76. The fraction of sp³-hybridized carbons (Fsp3) is 0.533. The van der Waals surface area contributed by atoms with Crippen LogP contribution in [0.25, 0.3) is 0 Å². The SMILES string of the molecule is COC(=O)CCN1CCN(Cc2cccc(Cl)c2)CC1. The Morgan fingerprint density at radius 3 is 2.60 bits per heavy atom. The number of halogens is 1. The second-order valence-corrected chi connectivity index (χ2v) is 5.51. The number of ether oxygens (including phenoxy) is 1. The lowest BCUT2D eigenvalue weighted by atomic mass is 10.2. The monoisotopic (exact) mass is 296 g/mol. The Kier molecular flexibility index (Phi) is 5.83. The van der Waals surface area contributed by atoms with Crippen LogP contribution < -0.4 is 0 Å². The molecule has 20 heavy (non-hydrogen) atoms. The van der Waals surface area contributed by atoms with Crippen LogP contribution in [0.4, 0.5) is 0 Å². The van der Waals surface area contributed by atoms with Crippen LogP contribution in [0.3, 0.4) is 0 Å². The van der Waals surface area contributed by atoms with Crippen molar-refractivity contribution in [2.75, 3.05) is 39.8 Å². The molecule has 1 heterocycles. The van der Waals surface area contributed by atoms with Crippen molar-refractivity contribution < 1.29 is 9.53 Å². The predicted octanol–water partition coefficient (Wildman–Crippen LogP) is 2.02. The summed E-state index contributed by atoms with van der Waals surface area (Å²) in [6.07, 6.45) is 0.477. The number of carbonyl (C=O) groups excluding carboxylic acids is 1. The van der Waals surface area contributed by atoms with Gasteiger partial charge in [-0.2, -0.15) is 0 Å². The molecule has 1 saturated heterocycles. The van der Waals surface area contributed by atoms with Gasteiger partial charge in [-0.05, 0) is 17.7 Å². The van der Waals surface area contributed by atoms with Crippen molar-refractivity contribution in [1.82, 2.24) is 9.80 Å². The third-order valence-corrected chi connectivity index (χ3v) is 3.86. The Balaban J connectivity index is 1.73. The van der Waals surface area contributed by atoms with Gasteiger partial charge in [0.05, 0.1) is 13.5 Å². The van der Waals surface area contributed by atoms with Gasteiger partial charge in [0, 0.05) is 44.3 Å². The molecule has 5 heteroatoms. The maximum Gasteiger partial charge on any atom is 0.306 e. The molecule has 0 aromatic heterocycles. The molecule has 1 aliphatic heterocycles. The Labute approximate surface area is 125 Å². The van der Waals surface area contributed by atoms with Crippen molar-refractivity contribution in [1.29, 1.82) is 0 Å². The fourth-order valence-corrected chi connectivity index (χ4v) is 2.63. The van der Waals surface area contributed by atoms with Crippen molar-refractivity contribution >= 4 is 17.6 Å². The van der Waals surface area contributed by atoms with Crippen LogP contribution in [0, 0.1) is 0 Å². The highest BCUT2D eigenvalue weighted by atomic mass is 35.5. The third-order valence-electron chi connectivity index (χ3n) is 3.62. The van der Waals surface area contributed by atoms with E-state index in [4.69, 9.17) is 11.6 Å². The summed E-state index contributed by atoms with van der Waals surface area (Å²) in [4.78, 5) is 15.8. The lowest BCUT2D eigenvalue weighted by molar-refractivity contribution is -0.141. The molecule has 2 rings (SSSR count). The van der Waals surface area contributed by atoms with Crippen LogP contribution in [0.15, 0.2) is 24.3 Å². The van der Waals surface area contributed by atoms with E-state index in [1.54, 1.807) is 0 Å². The maximum atomic E-state index is 11.1. The van der Waals surface area contributed by atoms with E-state index in [-0.39, 0.29) is 5.97 Å². The summed E-state index contributed by atoms with van der Waals surface area (Å²) in [5, 5.41) is 0.791. The minimum atomic E-state index is -0.133. The van der Waals surface area contributed by atoms with Crippen LogP contribution in [0.1, 0.15) is 12.0 Å². The summed E-state index contributed by atoms with van der Waals surface area (Å²) >= 11 is 6.00. The smallest absolute Gasteiger partial charge is 0.306 e. The molecule has 110 valence electrons. The average Bonchev–Trinajstić information content (AvgIpc) is 2.46. The van der Waals surface area contributed by atoms with Crippen LogP contribution in [0.5, 0.6) is 0 Å². The number of methoxy groups -OCH3 is 1. The molecule has 0 spiro atoms. The molecular weight excluding hydrogens is 276 g/mol. The summed E-state index contributed by atoms with van der Waals surface area (Å²) in [5.74, 6) is -0.133. The Morgan fingerprint density at radius 2 is 1.95 bits per heavy atom. The van der Waals surface area contributed by atoms with Crippen molar-refractivity contribution in [2.45, 2.75) is 13.0 Å². The molecule has 0 bridgehead atoms. The van der Waals surface area contributed by atoms with Crippen molar-refractivity contribution in [2.24, 2.45) is 0 Å². The predicted molar refractivity (Wildman–Crippen MR) is 79.8 cm³/mol. The standard InChI is InChI=1S/C15H21ClN2O2/c1-20-15(19)5-6-17-7-9-18(10-8-17)12-13-3-2-4-14(16)11-13/h2-4,11H,5-10,12H2,1H3. The quantitative estimate of drug-likeness (QED) is 0.778. The van der Waals surface area contributed by atoms with Crippen LogP contribution >= 0.6 is 11.6 Å². The largest absolute Gasteiger partial charge is 0.469 e. The zero-order valence-electron chi connectivity index (χ0n) is 11.8. The molecule has 0 saturated carbocycles. The van der Waals surface area contributed by atoms with Gasteiger partial charge in [-0.3, -0.25) is 9.69 Å². The van der Waals surface area contributed by atoms with Gasteiger partial charge in [-0.15, -0.1) is 0 Å². The van der Waals surface area contributed by atoms with Crippen molar-refractivity contribution in [3.8, 4) is 0 Å². The van der Waals surface area contributed by atoms with Gasteiger partial charge >= 0.3 is 5.97 Å². The number of nitrogens with zero attached hydrogens (tertiary/aromatic N) is 2. The first-order valence-corrected chi connectivity index (χ1v) is 7.31. The average molecular weight is 297 g/mol. The first-order chi connectivity index (χ1) is 9.67. The van der Waals surface area contributed by atoms with Gasteiger partial charge in [-0.25, -0.2) is 0 Å². The van der Waals surface area contributed by atoms with E-state index >= 15 is 0 Å². The number of hydrogen-bond acceptors (Lipinski definition) is 4. The molecule has 1 fully saturated rings. The number of benzene rings is 1. The van der Waals surface area contributed by atoms with Gasteiger partial charge in [0.15, 0.2) is 0 Å². The van der Waals surface area contributed by atoms with Gasteiger partial charge in [0.25, 0.3) is 0 Å². The second kappa shape index (κ2) is 7.62. The molecule has 1 aliphatic rings. The van der Waals surface area contributed by atoms with Crippen LogP contribution in [-0.4, -0.2) is 55.6 Å². The van der Waals surface area contributed by atoms with E-state index in [0.29, 0.717) is 6.42 Å². The first-order valence-electron chi connectivity index (χ1n) is 6.93. The zero-order valence-corrected chi connectivity index (χ0v) is 12.6. The van der Waals surface area contributed by atoms with E-state index in [9.17, 15) is 4.79 Å². The Morgan fingerprint density at radius 1 is 1.25 bits per heavy atom. The van der Waals surface area contributed by atoms with Crippen LogP contribution in [-0.2, 0) is 16.1 Å². The molecule has 0 atom stereocenters. The number of hydrogen-bond donors (Lipinski definition) is 0. The van der Waals surface area contributed by atoms with E-state index < -0.39 is 0 Å². The molecule has 0 radical (unpaired) electrons. The molecule has 4 nitrogen and oxygen atoms in total. The van der Waals surface area contributed by atoms with Gasteiger partial charge in [0.1, 0.15) is 0 Å². The molecule has 0 N–H and O–H groups in total. The minimum absolute atomic E-state index is 0.133. The number of piperazine rings is 1. The summed E-state index contributed by atoms with van der Waals surface area (Å²) in [7, 11) is 1.44. The molecule has 0 aliphatic carbocycles. The molecule has 0 amide bonds. The summed E-state index contributed by atoms with van der Waals surface area (Å²) in [5.41, 5.74) is 1.25.